The van der Waals surface area contributed by atoms with Crippen LogP contribution in [0.5, 0.6) is 0 Å². The summed E-state index contributed by atoms with van der Waals surface area (Å²) >= 11 is 5.82. The number of rotatable bonds is 6. The van der Waals surface area contributed by atoms with E-state index in [9.17, 15) is 9.59 Å². The average Bonchev–Trinajstić information content (AvgIpc) is 3.55. The summed E-state index contributed by atoms with van der Waals surface area (Å²) in [7, 11) is 3.98. The second kappa shape index (κ2) is 11.1. The van der Waals surface area contributed by atoms with Crippen molar-refractivity contribution >= 4 is 23.3 Å². The highest BCUT2D eigenvalue weighted by atomic mass is 35.5. The maximum absolute atomic E-state index is 12.6. The number of benzene rings is 1. The van der Waals surface area contributed by atoms with E-state index in [1.165, 1.54) is 5.56 Å². The number of nitrogens with zero attached hydrogens (tertiary/aromatic N) is 4. The number of aromatic nitrogens is 2. The topological polar surface area (TPSA) is 58.4 Å². The molecule has 2 aromatic rings. The van der Waals surface area contributed by atoms with Gasteiger partial charge in [0, 0.05) is 30.6 Å². The molecule has 178 valence electrons. The van der Waals surface area contributed by atoms with Crippen LogP contribution in [0.25, 0.3) is 0 Å². The van der Waals surface area contributed by atoms with Gasteiger partial charge in [0.05, 0.1) is 18.8 Å². The number of Topliss-reactive ketones (excluding diaryl/α,β-unsaturated/α-hetero) is 1. The van der Waals surface area contributed by atoms with Crippen LogP contribution in [-0.2, 0) is 17.8 Å². The predicted octanol–water partition coefficient (Wildman–Crippen LogP) is 4.79. The number of ketones is 1. The van der Waals surface area contributed by atoms with Gasteiger partial charge in [0.15, 0.2) is 5.78 Å². The van der Waals surface area contributed by atoms with Crippen molar-refractivity contribution in [2.75, 3.05) is 20.6 Å². The van der Waals surface area contributed by atoms with Crippen molar-refractivity contribution in [1.29, 1.82) is 0 Å². The first kappa shape index (κ1) is 25.2. The highest BCUT2D eigenvalue weighted by Gasteiger charge is 2.40. The minimum Gasteiger partial charge on any atom is -0.330 e. The smallest absolute Gasteiger partial charge is 0.246 e. The zero-order valence-corrected chi connectivity index (χ0v) is 21.0. The molecule has 1 aromatic carbocycles. The second-order valence-corrected chi connectivity index (χ2v) is 9.52. The molecule has 2 heterocycles. The lowest BCUT2D eigenvalue weighted by Crippen LogP contribution is -2.42. The Morgan fingerprint density at radius 3 is 2.52 bits per heavy atom. The maximum atomic E-state index is 12.6. The summed E-state index contributed by atoms with van der Waals surface area (Å²) in [5, 5.41) is 0.875. The third-order valence-electron chi connectivity index (χ3n) is 6.45. The van der Waals surface area contributed by atoms with Gasteiger partial charge in [-0.15, -0.1) is 0 Å². The first-order valence-corrected chi connectivity index (χ1v) is 12.0. The van der Waals surface area contributed by atoms with E-state index in [1.807, 2.05) is 49.3 Å². The Kier molecular flexibility index (Phi) is 8.49. The number of likely N-dealkylation sites (N-methyl/N-ethyl adjacent to an activating group) is 1. The predicted molar refractivity (Wildman–Crippen MR) is 133 cm³/mol. The number of aryl methyl sites for hydroxylation is 1. The molecule has 6 nitrogen and oxygen atoms in total. The lowest BCUT2D eigenvalue weighted by molar-refractivity contribution is -0.128. The van der Waals surface area contributed by atoms with E-state index in [1.54, 1.807) is 19.2 Å². The summed E-state index contributed by atoms with van der Waals surface area (Å²) in [6.07, 6.45) is 8.59. The number of carbonyl (C=O) groups is 2. The van der Waals surface area contributed by atoms with Crippen LogP contribution in [0.1, 0.15) is 61.5 Å². The van der Waals surface area contributed by atoms with Crippen molar-refractivity contribution < 1.29 is 9.59 Å². The molecule has 4 rings (SSSR count). The molecule has 1 aromatic heterocycles. The molecular formula is C26H35ClN4O2. The maximum Gasteiger partial charge on any atom is 0.246 e. The van der Waals surface area contributed by atoms with Crippen molar-refractivity contribution in [1.82, 2.24) is 19.4 Å². The van der Waals surface area contributed by atoms with E-state index in [-0.39, 0.29) is 23.8 Å². The Labute approximate surface area is 202 Å². The van der Waals surface area contributed by atoms with Gasteiger partial charge in [-0.2, -0.15) is 0 Å². The third kappa shape index (κ3) is 6.33. The van der Waals surface area contributed by atoms with E-state index in [0.717, 1.165) is 30.1 Å². The minimum atomic E-state index is 0.0213. The molecule has 1 fully saturated rings. The van der Waals surface area contributed by atoms with Crippen LogP contribution < -0.4 is 0 Å². The lowest BCUT2D eigenvalue weighted by Gasteiger charge is -2.34. The molecule has 1 aliphatic heterocycles. The summed E-state index contributed by atoms with van der Waals surface area (Å²) in [5.74, 6) is 1.44. The van der Waals surface area contributed by atoms with Crippen LogP contribution in [0, 0.1) is 5.92 Å². The van der Waals surface area contributed by atoms with Gasteiger partial charge in [-0.25, -0.2) is 4.98 Å². The highest BCUT2D eigenvalue weighted by molar-refractivity contribution is 6.31. The van der Waals surface area contributed by atoms with Gasteiger partial charge in [0.25, 0.3) is 0 Å². The summed E-state index contributed by atoms with van der Waals surface area (Å²) in [5.41, 5.74) is 1.89. The van der Waals surface area contributed by atoms with E-state index in [2.05, 4.69) is 28.3 Å². The Balaban J connectivity index is 0.000000286. The van der Waals surface area contributed by atoms with Crippen LogP contribution in [-0.4, -0.2) is 57.7 Å². The Morgan fingerprint density at radius 1 is 1.27 bits per heavy atom. The van der Waals surface area contributed by atoms with Crippen molar-refractivity contribution in [3.8, 4) is 0 Å². The van der Waals surface area contributed by atoms with Gasteiger partial charge in [-0.1, -0.05) is 42.8 Å². The molecule has 2 atom stereocenters. The molecule has 1 saturated carbocycles. The van der Waals surface area contributed by atoms with Crippen LogP contribution in [0.2, 0.25) is 5.02 Å². The van der Waals surface area contributed by atoms with Crippen LogP contribution >= 0.6 is 11.6 Å². The van der Waals surface area contributed by atoms with Gasteiger partial charge < -0.3 is 14.4 Å². The Hall–Kier alpha value is -2.44. The Bertz CT molecular complexity index is 1010. The van der Waals surface area contributed by atoms with Crippen LogP contribution in [0.15, 0.2) is 42.6 Å². The molecule has 0 N–H and O–H groups in total. The summed E-state index contributed by atoms with van der Waals surface area (Å²) in [4.78, 5) is 32.8. The molecule has 7 heteroatoms. The average molecular weight is 471 g/mol. The molecular weight excluding hydrogens is 436 g/mol. The molecule has 0 saturated heterocycles. The van der Waals surface area contributed by atoms with E-state index >= 15 is 0 Å². The van der Waals surface area contributed by atoms with E-state index < -0.39 is 0 Å². The number of hydrogen-bond acceptors (Lipinski definition) is 4. The molecule has 0 spiro atoms. The van der Waals surface area contributed by atoms with Gasteiger partial charge in [0.2, 0.25) is 5.91 Å². The molecule has 1 aliphatic carbocycles. The first-order valence-electron chi connectivity index (χ1n) is 11.7. The van der Waals surface area contributed by atoms with Crippen molar-refractivity contribution in [2.24, 2.45) is 5.92 Å². The molecule has 2 unspecified atom stereocenters. The number of carbonyl (C=O) groups excluding carboxylic acids is 2. The summed E-state index contributed by atoms with van der Waals surface area (Å²) in [6, 6.07) is 8.30. The highest BCUT2D eigenvalue weighted by Crippen LogP contribution is 2.43. The van der Waals surface area contributed by atoms with E-state index in [0.29, 0.717) is 24.7 Å². The quantitative estimate of drug-likeness (QED) is 0.450. The Morgan fingerprint density at radius 2 is 1.97 bits per heavy atom. The molecule has 2 aliphatic rings. The number of halogens is 1. The fourth-order valence-corrected chi connectivity index (χ4v) is 4.25. The molecule has 0 radical (unpaired) electrons. The fraction of sp³-hybridized carbons (Fsp3) is 0.500. The van der Waals surface area contributed by atoms with Crippen molar-refractivity contribution in [3.05, 3.63) is 64.7 Å². The van der Waals surface area contributed by atoms with Gasteiger partial charge in [-0.05, 0) is 57.8 Å². The normalized spacial score (nSPS) is 18.6. The number of hydrogen-bond donors (Lipinski definition) is 0. The second-order valence-electron chi connectivity index (χ2n) is 9.12. The van der Waals surface area contributed by atoms with Gasteiger partial charge in [-0.3, -0.25) is 9.59 Å². The first-order chi connectivity index (χ1) is 15.7. The summed E-state index contributed by atoms with van der Waals surface area (Å²) < 4.78 is 2.08. The molecule has 1 amide bonds. The lowest BCUT2D eigenvalue weighted by atomic mass is 10.1. The van der Waals surface area contributed by atoms with Crippen molar-refractivity contribution in [2.45, 2.75) is 58.7 Å². The minimum absolute atomic E-state index is 0.0213. The molecule has 33 heavy (non-hydrogen) atoms. The third-order valence-corrected chi connectivity index (χ3v) is 6.82. The van der Waals surface area contributed by atoms with Crippen molar-refractivity contribution in [3.63, 3.8) is 0 Å². The summed E-state index contributed by atoms with van der Waals surface area (Å²) in [6.45, 7) is 6.86. The fourth-order valence-electron chi connectivity index (χ4n) is 3.98. The van der Waals surface area contributed by atoms with E-state index in [4.69, 9.17) is 11.6 Å². The molecule has 0 bridgehead atoms. The van der Waals surface area contributed by atoms with Gasteiger partial charge >= 0.3 is 0 Å². The largest absolute Gasteiger partial charge is 0.330 e. The number of imidazole rings is 1. The zero-order valence-electron chi connectivity index (χ0n) is 20.3. The number of amides is 1. The standard InChI is InChI=1S/C18H26N4O2.C8H9Cl/c1-12(20(3)4)5-8-18(24)21-10-16(14-6-7-14)22-15(13(2)23)9-19-17(22)11-21;1-2-7-5-3-4-6-8(7)9/h5,8-9,12,14,16H,6-7,10-11H2,1-4H3;3-6H,2H2,1H3/b8-5+;. The van der Waals surface area contributed by atoms with Gasteiger partial charge in [0.1, 0.15) is 11.5 Å². The van der Waals surface area contributed by atoms with Crippen LogP contribution in [0.4, 0.5) is 0 Å². The number of fused-ring (bicyclic) bond motifs is 1. The zero-order chi connectivity index (χ0) is 24.1. The SMILES string of the molecule is CC(=O)c1cnc2n1C(C1CC1)CN(C(=O)/C=C/C(C)N(C)C)C2.CCc1ccccc1Cl. The van der Waals surface area contributed by atoms with Crippen LogP contribution in [0.3, 0.4) is 0 Å². The monoisotopic (exact) mass is 470 g/mol.